The molecule has 0 aliphatic carbocycles. The van der Waals surface area contributed by atoms with Gasteiger partial charge in [-0.2, -0.15) is 0 Å². The third-order valence-corrected chi connectivity index (χ3v) is 4.83. The van der Waals surface area contributed by atoms with E-state index < -0.39 is 6.04 Å². The van der Waals surface area contributed by atoms with Gasteiger partial charge in [0.15, 0.2) is 0 Å². The first-order valence-corrected chi connectivity index (χ1v) is 10.4. The number of nitrogens with zero attached hydrogens (tertiary/aromatic N) is 1. The van der Waals surface area contributed by atoms with Gasteiger partial charge in [0.25, 0.3) is 0 Å². The van der Waals surface area contributed by atoms with Gasteiger partial charge in [-0.15, -0.1) is 0 Å². The Hall–Kier alpha value is -2.69. The minimum atomic E-state index is -0.613. The Morgan fingerprint density at radius 2 is 1.66 bits per heavy atom. The largest absolute Gasteiger partial charge is 0.354 e. The van der Waals surface area contributed by atoms with Crippen molar-refractivity contribution in [2.45, 2.75) is 58.5 Å². The lowest BCUT2D eigenvalue weighted by Crippen LogP contribution is -2.50. The van der Waals surface area contributed by atoms with Crippen molar-refractivity contribution in [3.8, 4) is 0 Å². The first-order chi connectivity index (χ1) is 14.0. The fourth-order valence-electron chi connectivity index (χ4n) is 3.20. The van der Waals surface area contributed by atoms with E-state index in [-0.39, 0.29) is 24.2 Å². The molecule has 0 aliphatic rings. The summed E-state index contributed by atoms with van der Waals surface area (Å²) in [5, 5.41) is 2.98. The zero-order chi connectivity index (χ0) is 21.1. The van der Waals surface area contributed by atoms with Gasteiger partial charge in [0.2, 0.25) is 11.8 Å². The number of carbonyl (C=O) groups is 2. The molecule has 156 valence electrons. The van der Waals surface area contributed by atoms with Crippen LogP contribution in [0, 0.1) is 5.82 Å². The molecular weight excluding hydrogens is 367 g/mol. The number of hydrogen-bond donors (Lipinski definition) is 1. The lowest BCUT2D eigenvalue weighted by molar-refractivity contribution is -0.141. The normalized spacial score (nSPS) is 11.7. The second kappa shape index (κ2) is 12.0. The van der Waals surface area contributed by atoms with Crippen LogP contribution in [-0.2, 0) is 22.6 Å². The maximum Gasteiger partial charge on any atom is 0.243 e. The van der Waals surface area contributed by atoms with E-state index in [9.17, 15) is 14.0 Å². The van der Waals surface area contributed by atoms with Crippen LogP contribution in [0.25, 0.3) is 0 Å². The molecule has 1 atom stereocenters. The number of amides is 2. The second-order valence-corrected chi connectivity index (χ2v) is 7.25. The van der Waals surface area contributed by atoms with Crippen molar-refractivity contribution >= 4 is 11.8 Å². The molecule has 2 amide bonds. The molecule has 0 saturated carbocycles. The molecule has 0 saturated heterocycles. The van der Waals surface area contributed by atoms with Gasteiger partial charge in [-0.05, 0) is 36.1 Å². The number of nitrogens with one attached hydrogen (secondary N) is 1. The molecule has 0 radical (unpaired) electrons. The average Bonchev–Trinajstić information content (AvgIpc) is 2.73. The van der Waals surface area contributed by atoms with E-state index in [0.29, 0.717) is 25.8 Å². The molecule has 1 N–H and O–H groups in total. The second-order valence-electron chi connectivity index (χ2n) is 7.25. The van der Waals surface area contributed by atoms with E-state index in [1.807, 2.05) is 37.3 Å². The van der Waals surface area contributed by atoms with Crippen LogP contribution in [0.3, 0.4) is 0 Å². The minimum absolute atomic E-state index is 0.0663. The fourth-order valence-corrected chi connectivity index (χ4v) is 3.20. The van der Waals surface area contributed by atoms with Crippen molar-refractivity contribution in [1.82, 2.24) is 10.2 Å². The van der Waals surface area contributed by atoms with Crippen LogP contribution < -0.4 is 5.32 Å². The molecule has 0 aromatic heterocycles. The van der Waals surface area contributed by atoms with Crippen LogP contribution in [0.1, 0.15) is 50.7 Å². The summed E-state index contributed by atoms with van der Waals surface area (Å²) in [5.74, 6) is -0.532. The molecule has 0 bridgehead atoms. The van der Waals surface area contributed by atoms with Crippen LogP contribution >= 0.6 is 0 Å². The van der Waals surface area contributed by atoms with Crippen molar-refractivity contribution in [1.29, 1.82) is 0 Å². The zero-order valence-corrected chi connectivity index (χ0v) is 17.4. The summed E-state index contributed by atoms with van der Waals surface area (Å²) < 4.78 is 13.3. The fraction of sp³-hybridized carbons (Fsp3) is 0.417. The molecule has 2 aromatic rings. The SMILES string of the molecule is CCCCNC(=O)[C@@H](Cc1ccccc1)N(Cc1ccc(F)cc1)C(=O)CCC. The molecule has 0 unspecified atom stereocenters. The molecule has 0 spiro atoms. The molecule has 2 aromatic carbocycles. The van der Waals surface area contributed by atoms with E-state index in [4.69, 9.17) is 0 Å². The van der Waals surface area contributed by atoms with Gasteiger partial charge in [-0.1, -0.05) is 62.7 Å². The smallest absolute Gasteiger partial charge is 0.243 e. The Balaban J connectivity index is 2.30. The summed E-state index contributed by atoms with van der Waals surface area (Å²) in [6, 6.07) is 15.2. The molecule has 0 aliphatic heterocycles. The third kappa shape index (κ3) is 7.33. The molecular formula is C24H31FN2O2. The Kier molecular flexibility index (Phi) is 9.35. The highest BCUT2D eigenvalue weighted by Crippen LogP contribution is 2.16. The molecule has 4 nitrogen and oxygen atoms in total. The Morgan fingerprint density at radius 3 is 2.28 bits per heavy atom. The predicted molar refractivity (Wildman–Crippen MR) is 114 cm³/mol. The van der Waals surface area contributed by atoms with Gasteiger partial charge in [-0.25, -0.2) is 4.39 Å². The topological polar surface area (TPSA) is 49.4 Å². The Labute approximate surface area is 173 Å². The minimum Gasteiger partial charge on any atom is -0.354 e. The van der Waals surface area contributed by atoms with Gasteiger partial charge in [-0.3, -0.25) is 9.59 Å². The highest BCUT2D eigenvalue weighted by atomic mass is 19.1. The first kappa shape index (κ1) is 22.6. The summed E-state index contributed by atoms with van der Waals surface area (Å²) >= 11 is 0. The van der Waals surface area contributed by atoms with Gasteiger partial charge in [0, 0.05) is 25.9 Å². The van der Waals surface area contributed by atoms with Gasteiger partial charge < -0.3 is 10.2 Å². The van der Waals surface area contributed by atoms with Crippen molar-refractivity contribution in [3.63, 3.8) is 0 Å². The lowest BCUT2D eigenvalue weighted by atomic mass is 10.0. The quantitative estimate of drug-likeness (QED) is 0.567. The number of benzene rings is 2. The average molecular weight is 399 g/mol. The van der Waals surface area contributed by atoms with E-state index in [1.165, 1.54) is 12.1 Å². The standard InChI is InChI=1S/C24H31FN2O2/c1-3-5-16-26-24(29)22(17-19-10-7-6-8-11-19)27(23(28)9-4-2)18-20-12-14-21(25)15-13-20/h6-8,10-15,22H,3-5,9,16-18H2,1-2H3,(H,26,29)/t22-/m1/s1. The van der Waals surface area contributed by atoms with Crippen molar-refractivity contribution in [2.75, 3.05) is 6.54 Å². The number of carbonyl (C=O) groups excluding carboxylic acids is 2. The van der Waals surface area contributed by atoms with Crippen molar-refractivity contribution in [2.24, 2.45) is 0 Å². The summed E-state index contributed by atoms with van der Waals surface area (Å²) in [7, 11) is 0. The Bertz CT molecular complexity index is 762. The molecule has 29 heavy (non-hydrogen) atoms. The van der Waals surface area contributed by atoms with Crippen molar-refractivity contribution in [3.05, 3.63) is 71.5 Å². The van der Waals surface area contributed by atoms with Crippen LogP contribution in [0.5, 0.6) is 0 Å². The molecule has 5 heteroatoms. The highest BCUT2D eigenvalue weighted by Gasteiger charge is 2.29. The number of rotatable bonds is 11. The lowest BCUT2D eigenvalue weighted by Gasteiger charge is -2.31. The summed E-state index contributed by atoms with van der Waals surface area (Å²) in [6.07, 6.45) is 3.39. The summed E-state index contributed by atoms with van der Waals surface area (Å²) in [4.78, 5) is 27.6. The summed E-state index contributed by atoms with van der Waals surface area (Å²) in [6.45, 7) is 4.88. The predicted octanol–water partition coefficient (Wildman–Crippen LogP) is 4.48. The van der Waals surface area contributed by atoms with Crippen LogP contribution in [-0.4, -0.2) is 29.3 Å². The monoisotopic (exact) mass is 398 g/mol. The first-order valence-electron chi connectivity index (χ1n) is 10.4. The third-order valence-electron chi connectivity index (χ3n) is 4.83. The van der Waals surface area contributed by atoms with E-state index in [1.54, 1.807) is 17.0 Å². The number of halogens is 1. The highest BCUT2D eigenvalue weighted by molar-refractivity contribution is 5.88. The van der Waals surface area contributed by atoms with Gasteiger partial charge in [0.1, 0.15) is 11.9 Å². The van der Waals surface area contributed by atoms with E-state index in [0.717, 1.165) is 24.0 Å². The van der Waals surface area contributed by atoms with E-state index in [2.05, 4.69) is 12.2 Å². The van der Waals surface area contributed by atoms with Gasteiger partial charge in [0.05, 0.1) is 0 Å². The number of hydrogen-bond acceptors (Lipinski definition) is 2. The van der Waals surface area contributed by atoms with Gasteiger partial charge >= 0.3 is 0 Å². The van der Waals surface area contributed by atoms with Crippen LogP contribution in [0.4, 0.5) is 4.39 Å². The molecule has 0 heterocycles. The Morgan fingerprint density at radius 1 is 0.966 bits per heavy atom. The van der Waals surface area contributed by atoms with Crippen LogP contribution in [0.2, 0.25) is 0 Å². The molecule has 2 rings (SSSR count). The summed E-state index contributed by atoms with van der Waals surface area (Å²) in [5.41, 5.74) is 1.80. The van der Waals surface area contributed by atoms with Crippen LogP contribution in [0.15, 0.2) is 54.6 Å². The zero-order valence-electron chi connectivity index (χ0n) is 17.4. The molecule has 0 fully saturated rings. The maximum atomic E-state index is 13.3. The maximum absolute atomic E-state index is 13.3. The van der Waals surface area contributed by atoms with E-state index >= 15 is 0 Å². The van der Waals surface area contributed by atoms with Crippen molar-refractivity contribution < 1.29 is 14.0 Å². The number of unbranched alkanes of at least 4 members (excludes halogenated alkanes) is 1.